The number of carbonyl (C=O) groups is 2. The molecule has 4 aromatic rings. The molecule has 0 aliphatic carbocycles. The predicted octanol–water partition coefficient (Wildman–Crippen LogP) is 2.28. The molecule has 4 rings (SSSR count). The lowest BCUT2D eigenvalue weighted by atomic mass is 10.2. The summed E-state index contributed by atoms with van der Waals surface area (Å²) in [6.07, 6.45) is 1.67. The van der Waals surface area contributed by atoms with E-state index < -0.39 is 18.0 Å². The van der Waals surface area contributed by atoms with Crippen LogP contribution >= 0.6 is 0 Å². The lowest BCUT2D eigenvalue weighted by Crippen LogP contribution is -2.30. The van der Waals surface area contributed by atoms with Crippen molar-refractivity contribution in [3.8, 4) is 0 Å². The van der Waals surface area contributed by atoms with Crippen molar-refractivity contribution in [2.24, 2.45) is 0 Å². The molecule has 3 aromatic heterocycles. The quantitative estimate of drug-likeness (QED) is 0.541. The second kappa shape index (κ2) is 6.28. The van der Waals surface area contributed by atoms with Crippen LogP contribution in [0.1, 0.15) is 17.5 Å². The number of benzene rings is 1. The highest BCUT2D eigenvalue weighted by Crippen LogP contribution is 2.20. The molecule has 0 fully saturated rings. The number of hydrogen-bond donors (Lipinski definition) is 2. The van der Waals surface area contributed by atoms with Crippen molar-refractivity contribution in [2.45, 2.75) is 13.0 Å². The van der Waals surface area contributed by atoms with Crippen molar-refractivity contribution in [3.63, 3.8) is 0 Å². The highest BCUT2D eigenvalue weighted by atomic mass is 16.6. The van der Waals surface area contributed by atoms with E-state index in [-0.39, 0.29) is 11.6 Å². The molecular formula is C17H13N5O4. The van der Waals surface area contributed by atoms with Crippen molar-refractivity contribution in [1.29, 1.82) is 0 Å². The Morgan fingerprint density at radius 1 is 1.23 bits per heavy atom. The number of carbonyl (C=O) groups excluding carboxylic acids is 2. The molecule has 1 atom stereocenters. The van der Waals surface area contributed by atoms with Crippen molar-refractivity contribution >= 4 is 39.8 Å². The Kier molecular flexibility index (Phi) is 3.81. The third-order valence-corrected chi connectivity index (χ3v) is 3.74. The Labute approximate surface area is 146 Å². The van der Waals surface area contributed by atoms with Gasteiger partial charge in [-0.1, -0.05) is 18.2 Å². The van der Waals surface area contributed by atoms with Gasteiger partial charge in [0.2, 0.25) is 5.76 Å². The van der Waals surface area contributed by atoms with Gasteiger partial charge in [-0.05, 0) is 19.1 Å². The van der Waals surface area contributed by atoms with E-state index in [1.165, 1.54) is 19.6 Å². The number of hydrogen-bond acceptors (Lipinski definition) is 7. The van der Waals surface area contributed by atoms with Crippen LogP contribution in [0.3, 0.4) is 0 Å². The molecule has 130 valence electrons. The van der Waals surface area contributed by atoms with Gasteiger partial charge in [-0.15, -0.1) is 0 Å². The minimum Gasteiger partial charge on any atom is -0.449 e. The van der Waals surface area contributed by atoms with Gasteiger partial charge in [0.1, 0.15) is 17.4 Å². The zero-order valence-corrected chi connectivity index (χ0v) is 13.6. The van der Waals surface area contributed by atoms with Crippen molar-refractivity contribution in [3.05, 3.63) is 48.7 Å². The molecule has 26 heavy (non-hydrogen) atoms. The number of aromatic nitrogens is 4. The van der Waals surface area contributed by atoms with Gasteiger partial charge in [-0.25, -0.2) is 19.7 Å². The van der Waals surface area contributed by atoms with Gasteiger partial charge in [-0.3, -0.25) is 4.79 Å². The highest BCUT2D eigenvalue weighted by molar-refractivity contribution is 6.00. The molecule has 1 aromatic carbocycles. The number of anilines is 1. The Hall–Kier alpha value is -3.75. The van der Waals surface area contributed by atoms with Gasteiger partial charge < -0.3 is 19.5 Å². The number of nitrogens with zero attached hydrogens (tertiary/aromatic N) is 3. The molecule has 0 bridgehead atoms. The number of furan rings is 1. The van der Waals surface area contributed by atoms with E-state index in [1.807, 2.05) is 12.1 Å². The molecule has 9 nitrogen and oxygen atoms in total. The maximum Gasteiger partial charge on any atom is 0.375 e. The summed E-state index contributed by atoms with van der Waals surface area (Å²) in [6.45, 7) is 1.46. The number of amides is 1. The molecule has 2 N–H and O–H groups in total. The van der Waals surface area contributed by atoms with Crippen molar-refractivity contribution in [2.75, 3.05) is 5.32 Å². The van der Waals surface area contributed by atoms with Crippen LogP contribution in [0.5, 0.6) is 0 Å². The van der Waals surface area contributed by atoms with E-state index in [2.05, 4.69) is 25.3 Å². The molecule has 3 heterocycles. The molecule has 0 saturated heterocycles. The maximum absolute atomic E-state index is 12.3. The monoisotopic (exact) mass is 351 g/mol. The molecule has 0 aliphatic heterocycles. The second-order valence-electron chi connectivity index (χ2n) is 5.51. The van der Waals surface area contributed by atoms with Gasteiger partial charge in [-0.2, -0.15) is 0 Å². The van der Waals surface area contributed by atoms with E-state index in [4.69, 9.17) is 9.15 Å². The first-order valence-corrected chi connectivity index (χ1v) is 7.76. The summed E-state index contributed by atoms with van der Waals surface area (Å²) in [6, 6.07) is 8.76. The van der Waals surface area contributed by atoms with Crippen LogP contribution < -0.4 is 5.32 Å². The lowest BCUT2D eigenvalue weighted by molar-refractivity contribution is -0.123. The van der Waals surface area contributed by atoms with E-state index >= 15 is 0 Å². The summed E-state index contributed by atoms with van der Waals surface area (Å²) >= 11 is 0. The molecule has 1 amide bonds. The van der Waals surface area contributed by atoms with Gasteiger partial charge in [0, 0.05) is 5.39 Å². The largest absolute Gasteiger partial charge is 0.449 e. The molecule has 0 radical (unpaired) electrons. The number of aromatic amines is 1. The van der Waals surface area contributed by atoms with E-state index in [0.717, 1.165) is 5.39 Å². The average molecular weight is 351 g/mol. The minimum atomic E-state index is -1.05. The zero-order valence-electron chi connectivity index (χ0n) is 13.6. The molecular weight excluding hydrogens is 338 g/mol. The predicted molar refractivity (Wildman–Crippen MR) is 91.4 cm³/mol. The van der Waals surface area contributed by atoms with Gasteiger partial charge >= 0.3 is 5.97 Å². The van der Waals surface area contributed by atoms with Crippen LogP contribution in [-0.4, -0.2) is 37.9 Å². The standard InChI is InChI=1S/C17H13N5O4/c1-9(16(23)22-15-13-14(19-7-18-13)20-8-21-15)25-17(24)12-6-10-4-2-3-5-11(10)26-12/h2-9H,1H3,(H2,18,19,20,21,22,23)/t9-/m1/s1. The van der Waals surface area contributed by atoms with Gasteiger partial charge in [0.05, 0.1) is 6.33 Å². The fourth-order valence-electron chi connectivity index (χ4n) is 2.43. The Morgan fingerprint density at radius 2 is 2.08 bits per heavy atom. The number of rotatable bonds is 4. The molecule has 0 aliphatic rings. The topological polar surface area (TPSA) is 123 Å². The number of H-pyrrole nitrogens is 1. The van der Waals surface area contributed by atoms with Crippen LogP contribution in [0.4, 0.5) is 5.82 Å². The smallest absolute Gasteiger partial charge is 0.375 e. The normalized spacial score (nSPS) is 12.2. The zero-order chi connectivity index (χ0) is 18.1. The van der Waals surface area contributed by atoms with Crippen LogP contribution in [0.25, 0.3) is 22.1 Å². The number of esters is 1. The first-order valence-electron chi connectivity index (χ1n) is 7.76. The molecule has 0 spiro atoms. The maximum atomic E-state index is 12.3. The van der Waals surface area contributed by atoms with E-state index in [9.17, 15) is 9.59 Å². The van der Waals surface area contributed by atoms with Gasteiger partial charge in [0.15, 0.2) is 17.6 Å². The second-order valence-corrected chi connectivity index (χ2v) is 5.51. The van der Waals surface area contributed by atoms with Crippen molar-refractivity contribution in [1.82, 2.24) is 19.9 Å². The first kappa shape index (κ1) is 15.8. The Balaban J connectivity index is 1.46. The first-order chi connectivity index (χ1) is 12.6. The number of fused-ring (bicyclic) bond motifs is 2. The van der Waals surface area contributed by atoms with Crippen LogP contribution in [0.15, 0.2) is 47.4 Å². The van der Waals surface area contributed by atoms with E-state index in [0.29, 0.717) is 16.7 Å². The highest BCUT2D eigenvalue weighted by Gasteiger charge is 2.22. The van der Waals surface area contributed by atoms with Crippen LogP contribution in [0, 0.1) is 0 Å². The summed E-state index contributed by atoms with van der Waals surface area (Å²) in [4.78, 5) is 39.3. The summed E-state index contributed by atoms with van der Waals surface area (Å²) in [7, 11) is 0. The van der Waals surface area contributed by atoms with Crippen LogP contribution in [-0.2, 0) is 9.53 Å². The SMILES string of the molecule is C[C@@H](OC(=O)c1cc2ccccc2o1)C(=O)Nc1ncnc2nc[nH]c12. The third-order valence-electron chi connectivity index (χ3n) is 3.74. The lowest BCUT2D eigenvalue weighted by Gasteiger charge is -2.12. The number of imidazole rings is 1. The molecule has 0 unspecified atom stereocenters. The summed E-state index contributed by atoms with van der Waals surface area (Å²) in [5, 5.41) is 3.36. The van der Waals surface area contributed by atoms with E-state index in [1.54, 1.807) is 18.2 Å². The average Bonchev–Trinajstić information content (AvgIpc) is 3.28. The fourth-order valence-corrected chi connectivity index (χ4v) is 2.43. The summed E-state index contributed by atoms with van der Waals surface area (Å²) < 4.78 is 10.6. The number of nitrogens with one attached hydrogen (secondary N) is 2. The Bertz CT molecular complexity index is 1080. The Morgan fingerprint density at radius 3 is 2.92 bits per heavy atom. The summed E-state index contributed by atoms with van der Waals surface area (Å²) in [5.74, 6) is -0.977. The van der Waals surface area contributed by atoms with Crippen molar-refractivity contribution < 1.29 is 18.7 Å². The number of para-hydroxylation sites is 1. The fraction of sp³-hybridized carbons (Fsp3) is 0.118. The van der Waals surface area contributed by atoms with Gasteiger partial charge in [0.25, 0.3) is 5.91 Å². The molecule has 9 heteroatoms. The molecule has 0 saturated carbocycles. The number of ether oxygens (including phenoxy) is 1. The third kappa shape index (κ3) is 2.86. The minimum absolute atomic E-state index is 0.0313. The summed E-state index contributed by atoms with van der Waals surface area (Å²) in [5.41, 5.74) is 1.47. The van der Waals surface area contributed by atoms with Crippen LogP contribution in [0.2, 0.25) is 0 Å².